The van der Waals surface area contributed by atoms with Crippen molar-refractivity contribution in [1.29, 1.82) is 0 Å². The molecule has 176 valence electrons. The maximum absolute atomic E-state index is 14.0. The van der Waals surface area contributed by atoms with Crippen LogP contribution in [-0.2, 0) is 10.9 Å². The van der Waals surface area contributed by atoms with Crippen LogP contribution in [0.25, 0.3) is 22.2 Å². The number of aromatic nitrogens is 1. The molecule has 0 saturated carbocycles. The molecule has 0 radical (unpaired) electrons. The number of rotatable bonds is 4. The highest BCUT2D eigenvalue weighted by molar-refractivity contribution is 5.89. The fraction of sp³-hybridized carbons (Fsp3) is 0.333. The standard InChI is InChI=1S/C21H19F3N2O7/c22-21(23,24)15-10-5-4-9(26-16-18(29)17(28)13(8-27)33-20(16)31)7-12(10)32-19(30)14(15)11-3-1-2-6-25-11/h1-7,13,16-18,20,26-29,31H,8H2/t13?,16?,17-,18?,20?/m0/s1. The van der Waals surface area contributed by atoms with Crippen LogP contribution in [0.2, 0.25) is 0 Å². The van der Waals surface area contributed by atoms with Gasteiger partial charge in [0.2, 0.25) is 0 Å². The predicted molar refractivity (Wildman–Crippen MR) is 108 cm³/mol. The SMILES string of the molecule is O=c1oc2cc(NC3C(O)OC(CO)[C@H](O)C3O)ccc2c(C(F)(F)F)c1-c1ccccn1. The minimum atomic E-state index is -4.90. The van der Waals surface area contributed by atoms with E-state index >= 15 is 0 Å². The normalized spacial score (nSPS) is 25.8. The van der Waals surface area contributed by atoms with Crippen molar-refractivity contribution in [2.24, 2.45) is 0 Å². The second-order valence-electron chi connectivity index (χ2n) is 7.46. The van der Waals surface area contributed by atoms with Gasteiger partial charge in [-0.2, -0.15) is 13.2 Å². The van der Waals surface area contributed by atoms with Crippen LogP contribution in [0.15, 0.2) is 51.8 Å². The Hall–Kier alpha value is -3.03. The number of pyridine rings is 1. The summed E-state index contributed by atoms with van der Waals surface area (Å²) in [5.41, 5.74) is -3.69. The monoisotopic (exact) mass is 468 g/mol. The maximum atomic E-state index is 14.0. The van der Waals surface area contributed by atoms with Crippen molar-refractivity contribution >= 4 is 16.7 Å². The fourth-order valence-electron chi connectivity index (χ4n) is 3.77. The number of hydrogen-bond acceptors (Lipinski definition) is 9. The molecule has 0 spiro atoms. The van der Waals surface area contributed by atoms with Gasteiger partial charge in [-0.25, -0.2) is 4.79 Å². The Labute approximate surface area is 183 Å². The molecule has 3 aromatic rings. The first-order chi connectivity index (χ1) is 15.6. The molecule has 0 aliphatic carbocycles. The smallest absolute Gasteiger partial charge is 0.418 e. The summed E-state index contributed by atoms with van der Waals surface area (Å²) in [6.45, 7) is -0.651. The first-order valence-electron chi connectivity index (χ1n) is 9.78. The summed E-state index contributed by atoms with van der Waals surface area (Å²) in [5, 5.41) is 41.7. The second-order valence-corrected chi connectivity index (χ2v) is 7.46. The number of halogens is 3. The van der Waals surface area contributed by atoms with Gasteiger partial charge in [0.05, 0.1) is 23.4 Å². The summed E-state index contributed by atoms with van der Waals surface area (Å²) >= 11 is 0. The third kappa shape index (κ3) is 4.30. The average molecular weight is 468 g/mol. The number of hydrogen-bond donors (Lipinski definition) is 5. The van der Waals surface area contributed by atoms with E-state index in [9.17, 15) is 33.3 Å². The van der Waals surface area contributed by atoms with Gasteiger partial charge in [0.15, 0.2) is 6.29 Å². The summed E-state index contributed by atoms with van der Waals surface area (Å²) in [6, 6.07) is 6.31. The molecule has 2 aromatic heterocycles. The van der Waals surface area contributed by atoms with Crippen LogP contribution >= 0.6 is 0 Å². The molecule has 1 aliphatic rings. The number of fused-ring (bicyclic) bond motifs is 1. The van der Waals surface area contributed by atoms with E-state index in [2.05, 4.69) is 10.3 Å². The number of benzene rings is 1. The largest absolute Gasteiger partial charge is 0.422 e. The van der Waals surface area contributed by atoms with Crippen LogP contribution in [0.1, 0.15) is 5.56 Å². The summed E-state index contributed by atoms with van der Waals surface area (Å²) in [5.74, 6) is 0. The fourth-order valence-corrected chi connectivity index (χ4v) is 3.77. The minimum absolute atomic E-state index is 0.0747. The Morgan fingerprint density at radius 1 is 1.09 bits per heavy atom. The molecule has 1 aromatic carbocycles. The molecule has 4 unspecified atom stereocenters. The van der Waals surface area contributed by atoms with E-state index in [0.29, 0.717) is 0 Å². The molecular weight excluding hydrogens is 449 g/mol. The van der Waals surface area contributed by atoms with E-state index in [0.717, 1.165) is 12.1 Å². The van der Waals surface area contributed by atoms with Crippen molar-refractivity contribution in [2.75, 3.05) is 11.9 Å². The highest BCUT2D eigenvalue weighted by Crippen LogP contribution is 2.40. The number of nitrogens with zero attached hydrogens (tertiary/aromatic N) is 1. The van der Waals surface area contributed by atoms with E-state index in [1.807, 2.05) is 0 Å². The van der Waals surface area contributed by atoms with Crippen LogP contribution < -0.4 is 10.9 Å². The Morgan fingerprint density at radius 2 is 1.85 bits per heavy atom. The molecule has 33 heavy (non-hydrogen) atoms. The van der Waals surface area contributed by atoms with Gasteiger partial charge in [-0.15, -0.1) is 0 Å². The van der Waals surface area contributed by atoms with Gasteiger partial charge in [-0.05, 0) is 24.3 Å². The van der Waals surface area contributed by atoms with Gasteiger partial charge in [-0.1, -0.05) is 6.07 Å². The van der Waals surface area contributed by atoms with Gasteiger partial charge in [-0.3, -0.25) is 4.98 Å². The molecule has 3 heterocycles. The maximum Gasteiger partial charge on any atom is 0.418 e. The minimum Gasteiger partial charge on any atom is -0.422 e. The zero-order valence-corrected chi connectivity index (χ0v) is 16.7. The molecule has 5 N–H and O–H groups in total. The first kappa shape index (κ1) is 23.1. The zero-order chi connectivity index (χ0) is 23.9. The Kier molecular flexibility index (Phi) is 6.12. The highest BCUT2D eigenvalue weighted by Gasteiger charge is 2.44. The number of aliphatic hydroxyl groups is 4. The van der Waals surface area contributed by atoms with Crippen molar-refractivity contribution in [3.63, 3.8) is 0 Å². The lowest BCUT2D eigenvalue weighted by atomic mass is 9.96. The topological polar surface area (TPSA) is 145 Å². The molecule has 0 bridgehead atoms. The Balaban J connectivity index is 1.77. The van der Waals surface area contributed by atoms with E-state index in [-0.39, 0.29) is 11.4 Å². The van der Waals surface area contributed by atoms with Crippen LogP contribution in [0.4, 0.5) is 18.9 Å². The van der Waals surface area contributed by atoms with Gasteiger partial charge in [0.1, 0.15) is 29.9 Å². The molecule has 0 amide bonds. The summed E-state index contributed by atoms with van der Waals surface area (Å²) in [7, 11) is 0. The van der Waals surface area contributed by atoms with E-state index in [4.69, 9.17) is 14.3 Å². The van der Waals surface area contributed by atoms with Crippen LogP contribution in [-0.4, -0.2) is 62.7 Å². The number of alkyl halides is 3. The van der Waals surface area contributed by atoms with Crippen molar-refractivity contribution in [3.8, 4) is 11.3 Å². The molecule has 1 aliphatic heterocycles. The summed E-state index contributed by atoms with van der Waals surface area (Å²) in [4.78, 5) is 16.4. The van der Waals surface area contributed by atoms with Crippen molar-refractivity contribution < 1.29 is 42.8 Å². The number of anilines is 1. The van der Waals surface area contributed by atoms with Gasteiger partial charge in [0, 0.05) is 23.3 Å². The van der Waals surface area contributed by atoms with Crippen LogP contribution in [0.3, 0.4) is 0 Å². The van der Waals surface area contributed by atoms with E-state index < -0.39 is 71.1 Å². The Bertz CT molecular complexity index is 1200. The van der Waals surface area contributed by atoms with Crippen molar-refractivity contribution in [2.45, 2.75) is 36.8 Å². The lowest BCUT2D eigenvalue weighted by molar-refractivity contribution is -0.245. The van der Waals surface area contributed by atoms with Crippen molar-refractivity contribution in [1.82, 2.24) is 4.98 Å². The molecule has 9 nitrogen and oxygen atoms in total. The summed E-state index contributed by atoms with van der Waals surface area (Å²) < 4.78 is 52.1. The van der Waals surface area contributed by atoms with Gasteiger partial charge in [0.25, 0.3) is 0 Å². The van der Waals surface area contributed by atoms with Gasteiger partial charge < -0.3 is 34.9 Å². The van der Waals surface area contributed by atoms with Crippen LogP contribution in [0.5, 0.6) is 0 Å². The van der Waals surface area contributed by atoms with E-state index in [1.54, 1.807) is 0 Å². The molecule has 4 rings (SSSR count). The molecule has 12 heteroatoms. The Morgan fingerprint density at radius 3 is 2.48 bits per heavy atom. The highest BCUT2D eigenvalue weighted by atomic mass is 19.4. The first-order valence-corrected chi connectivity index (χ1v) is 9.78. The number of ether oxygens (including phenoxy) is 1. The molecular formula is C21H19F3N2O7. The summed E-state index contributed by atoms with van der Waals surface area (Å²) in [6.07, 6.45) is -9.63. The van der Waals surface area contributed by atoms with Gasteiger partial charge >= 0.3 is 11.8 Å². The van der Waals surface area contributed by atoms with Crippen LogP contribution in [0, 0.1) is 0 Å². The molecule has 1 fully saturated rings. The lowest BCUT2D eigenvalue weighted by Gasteiger charge is -2.40. The number of aliphatic hydroxyl groups excluding tert-OH is 4. The third-order valence-electron chi connectivity index (χ3n) is 5.35. The third-order valence-corrected chi connectivity index (χ3v) is 5.35. The molecule has 1 saturated heterocycles. The average Bonchev–Trinajstić information content (AvgIpc) is 2.78. The quantitative estimate of drug-likeness (QED) is 0.355. The second kappa shape index (κ2) is 8.72. The van der Waals surface area contributed by atoms with Crippen molar-refractivity contribution in [3.05, 3.63) is 58.6 Å². The lowest BCUT2D eigenvalue weighted by Crippen LogP contribution is -2.61. The predicted octanol–water partition coefficient (Wildman–Crippen LogP) is 1.09. The van der Waals surface area contributed by atoms with E-state index in [1.165, 1.54) is 30.5 Å². The zero-order valence-electron chi connectivity index (χ0n) is 16.7. The number of nitrogens with one attached hydrogen (secondary N) is 1. The molecule has 5 atom stereocenters.